The molecule has 6 heteroatoms. The summed E-state index contributed by atoms with van der Waals surface area (Å²) >= 11 is 1.86. The molecule has 1 N–H and O–H groups in total. The number of nitrogens with zero attached hydrogens (tertiary/aromatic N) is 2. The summed E-state index contributed by atoms with van der Waals surface area (Å²) in [5.74, 6) is 1.95. The third-order valence-electron chi connectivity index (χ3n) is 3.22. The monoisotopic (exact) mass is 281 g/mol. The van der Waals surface area contributed by atoms with E-state index in [1.54, 1.807) is 12.1 Å². The van der Waals surface area contributed by atoms with Crippen LogP contribution in [0.1, 0.15) is 18.1 Å². The van der Waals surface area contributed by atoms with Crippen molar-refractivity contribution in [3.8, 4) is 0 Å². The second kappa shape index (κ2) is 6.36. The topological polar surface area (TPSA) is 58.4 Å². The van der Waals surface area contributed by atoms with Crippen molar-refractivity contribution < 1.29 is 4.92 Å². The van der Waals surface area contributed by atoms with Crippen LogP contribution in [0.3, 0.4) is 0 Å². The fraction of sp³-hybridized carbons (Fsp3) is 0.538. The molecule has 1 unspecified atom stereocenters. The molecule has 1 aliphatic heterocycles. The Hall–Kier alpha value is -1.11. The number of benzene rings is 1. The average molecular weight is 281 g/mol. The Morgan fingerprint density at radius 3 is 3.05 bits per heavy atom. The zero-order valence-electron chi connectivity index (χ0n) is 11.3. The van der Waals surface area contributed by atoms with Gasteiger partial charge in [-0.15, -0.1) is 11.8 Å². The molecule has 0 saturated carbocycles. The van der Waals surface area contributed by atoms with Gasteiger partial charge in [-0.3, -0.25) is 15.0 Å². The lowest BCUT2D eigenvalue weighted by Crippen LogP contribution is -2.42. The highest BCUT2D eigenvalue weighted by Gasteiger charge is 2.26. The minimum absolute atomic E-state index is 0.220. The molecule has 104 valence electrons. The van der Waals surface area contributed by atoms with E-state index in [9.17, 15) is 10.1 Å². The number of rotatable bonds is 5. The molecular weight excluding hydrogens is 262 g/mol. The van der Waals surface area contributed by atoms with Gasteiger partial charge in [0, 0.05) is 29.8 Å². The molecular formula is C13H19N3O2S. The van der Waals surface area contributed by atoms with E-state index in [0.29, 0.717) is 12.7 Å². The van der Waals surface area contributed by atoms with Crippen molar-refractivity contribution in [2.24, 2.45) is 0 Å². The normalized spacial score (nSPS) is 19.8. The molecule has 0 bridgehead atoms. The van der Waals surface area contributed by atoms with E-state index in [-0.39, 0.29) is 10.6 Å². The Labute approximate surface area is 117 Å². The highest BCUT2D eigenvalue weighted by molar-refractivity contribution is 7.99. The van der Waals surface area contributed by atoms with Gasteiger partial charge in [0.05, 0.1) is 11.1 Å². The van der Waals surface area contributed by atoms with E-state index in [1.165, 1.54) is 0 Å². The lowest BCUT2D eigenvalue weighted by molar-refractivity contribution is -0.385. The summed E-state index contributed by atoms with van der Waals surface area (Å²) in [7, 11) is 0. The molecule has 0 aliphatic carbocycles. The predicted octanol–water partition coefficient (Wildman–Crippen LogP) is 2.35. The molecule has 1 fully saturated rings. The van der Waals surface area contributed by atoms with E-state index in [1.807, 2.05) is 24.8 Å². The van der Waals surface area contributed by atoms with E-state index in [2.05, 4.69) is 17.1 Å². The lowest BCUT2D eigenvalue weighted by Gasteiger charge is -2.24. The molecule has 1 saturated heterocycles. The number of nitrogens with one attached hydrogen (secondary N) is 1. The van der Waals surface area contributed by atoms with Crippen LogP contribution in [-0.4, -0.2) is 34.2 Å². The number of nitro groups is 1. The molecule has 0 aromatic heterocycles. The van der Waals surface area contributed by atoms with Crippen LogP contribution in [0.4, 0.5) is 5.69 Å². The Bertz CT molecular complexity index is 467. The first kappa shape index (κ1) is 14.3. The SMILES string of the molecule is CCNC1CSCN1Cc1cc(C)ccc1[N+](=O)[O-]. The van der Waals surface area contributed by atoms with Crippen molar-refractivity contribution in [3.05, 3.63) is 39.4 Å². The van der Waals surface area contributed by atoms with Crippen molar-refractivity contribution in [2.75, 3.05) is 18.2 Å². The molecule has 2 rings (SSSR count). The first-order valence-corrected chi connectivity index (χ1v) is 7.56. The first-order chi connectivity index (χ1) is 9.11. The smallest absolute Gasteiger partial charge is 0.273 e. The highest BCUT2D eigenvalue weighted by Crippen LogP contribution is 2.26. The zero-order chi connectivity index (χ0) is 13.8. The van der Waals surface area contributed by atoms with Crippen LogP contribution in [0.5, 0.6) is 0 Å². The van der Waals surface area contributed by atoms with Gasteiger partial charge >= 0.3 is 0 Å². The summed E-state index contributed by atoms with van der Waals surface area (Å²) in [6, 6.07) is 5.32. The van der Waals surface area contributed by atoms with Crippen LogP contribution >= 0.6 is 11.8 Å². The molecule has 1 heterocycles. The van der Waals surface area contributed by atoms with Gasteiger partial charge < -0.3 is 5.32 Å². The van der Waals surface area contributed by atoms with Crippen LogP contribution in [-0.2, 0) is 6.54 Å². The van der Waals surface area contributed by atoms with Crippen molar-refractivity contribution in [2.45, 2.75) is 26.6 Å². The van der Waals surface area contributed by atoms with E-state index >= 15 is 0 Å². The number of thioether (sulfide) groups is 1. The van der Waals surface area contributed by atoms with Gasteiger partial charge in [0.1, 0.15) is 0 Å². The third kappa shape index (κ3) is 3.46. The Morgan fingerprint density at radius 1 is 1.58 bits per heavy atom. The lowest BCUT2D eigenvalue weighted by atomic mass is 10.1. The minimum atomic E-state index is -0.291. The van der Waals surface area contributed by atoms with E-state index in [0.717, 1.165) is 29.3 Å². The second-order valence-electron chi connectivity index (χ2n) is 4.71. The molecule has 1 atom stereocenters. The van der Waals surface area contributed by atoms with Gasteiger partial charge in [0.25, 0.3) is 5.69 Å². The summed E-state index contributed by atoms with van der Waals surface area (Å²) in [6.07, 6.45) is 0.315. The van der Waals surface area contributed by atoms with Gasteiger partial charge in [0.2, 0.25) is 0 Å². The van der Waals surface area contributed by atoms with Crippen LogP contribution in [0.2, 0.25) is 0 Å². The van der Waals surface area contributed by atoms with Gasteiger partial charge in [-0.2, -0.15) is 0 Å². The average Bonchev–Trinajstić information content (AvgIpc) is 2.77. The fourth-order valence-electron chi connectivity index (χ4n) is 2.29. The quantitative estimate of drug-likeness (QED) is 0.663. The van der Waals surface area contributed by atoms with Crippen molar-refractivity contribution in [1.29, 1.82) is 0 Å². The maximum absolute atomic E-state index is 11.1. The number of hydrogen-bond donors (Lipinski definition) is 1. The van der Waals surface area contributed by atoms with E-state index < -0.39 is 0 Å². The van der Waals surface area contributed by atoms with Gasteiger partial charge in [-0.05, 0) is 19.5 Å². The standard InChI is InChI=1S/C13H19N3O2S/c1-3-14-13-8-19-9-15(13)7-11-6-10(2)4-5-12(11)16(17)18/h4-6,13-14H,3,7-9H2,1-2H3. The third-order valence-corrected chi connectivity index (χ3v) is 4.28. The molecule has 19 heavy (non-hydrogen) atoms. The molecule has 1 aromatic rings. The molecule has 1 aliphatic rings. The minimum Gasteiger partial charge on any atom is -0.301 e. The fourth-order valence-corrected chi connectivity index (χ4v) is 3.46. The Kier molecular flexibility index (Phi) is 4.79. The molecule has 1 aromatic carbocycles. The Balaban J connectivity index is 2.17. The highest BCUT2D eigenvalue weighted by atomic mass is 32.2. The molecule has 0 amide bonds. The summed E-state index contributed by atoms with van der Waals surface area (Å²) < 4.78 is 0. The summed E-state index contributed by atoms with van der Waals surface area (Å²) in [4.78, 5) is 13.0. The van der Waals surface area contributed by atoms with Crippen molar-refractivity contribution >= 4 is 17.4 Å². The van der Waals surface area contributed by atoms with E-state index in [4.69, 9.17) is 0 Å². The largest absolute Gasteiger partial charge is 0.301 e. The first-order valence-electron chi connectivity index (χ1n) is 6.41. The van der Waals surface area contributed by atoms with Crippen LogP contribution in [0.25, 0.3) is 0 Å². The second-order valence-corrected chi connectivity index (χ2v) is 5.71. The maximum atomic E-state index is 11.1. The Morgan fingerprint density at radius 2 is 2.37 bits per heavy atom. The van der Waals surface area contributed by atoms with Crippen LogP contribution in [0.15, 0.2) is 18.2 Å². The summed E-state index contributed by atoms with van der Waals surface area (Å²) in [5.41, 5.74) is 2.08. The predicted molar refractivity (Wildman–Crippen MR) is 78.2 cm³/mol. The molecule has 5 nitrogen and oxygen atoms in total. The van der Waals surface area contributed by atoms with Crippen LogP contribution < -0.4 is 5.32 Å². The van der Waals surface area contributed by atoms with Crippen molar-refractivity contribution in [3.63, 3.8) is 0 Å². The van der Waals surface area contributed by atoms with Gasteiger partial charge in [-0.1, -0.05) is 18.6 Å². The van der Waals surface area contributed by atoms with Gasteiger partial charge in [-0.25, -0.2) is 0 Å². The van der Waals surface area contributed by atoms with Crippen molar-refractivity contribution in [1.82, 2.24) is 10.2 Å². The molecule has 0 radical (unpaired) electrons. The van der Waals surface area contributed by atoms with Gasteiger partial charge in [0.15, 0.2) is 0 Å². The number of nitro benzene ring substituents is 1. The number of hydrogen-bond acceptors (Lipinski definition) is 5. The molecule has 0 spiro atoms. The summed E-state index contributed by atoms with van der Waals surface area (Å²) in [6.45, 7) is 5.59. The summed E-state index contributed by atoms with van der Waals surface area (Å²) in [5, 5.41) is 14.5. The maximum Gasteiger partial charge on any atom is 0.273 e. The number of aryl methyl sites for hydroxylation is 1. The zero-order valence-corrected chi connectivity index (χ0v) is 12.1. The van der Waals surface area contributed by atoms with Crippen LogP contribution in [0, 0.1) is 17.0 Å².